The fraction of sp³-hybridized carbons (Fsp3) is 0.867. The average molecular weight is 266 g/mol. The van der Waals surface area contributed by atoms with Crippen LogP contribution in [0.3, 0.4) is 0 Å². The third kappa shape index (κ3) is 3.28. The Morgan fingerprint density at radius 2 is 1.74 bits per heavy atom. The summed E-state index contributed by atoms with van der Waals surface area (Å²) in [5, 5.41) is 0. The smallest absolute Gasteiger partial charge is 0.226 e. The molecular weight excluding hydrogens is 240 g/mol. The molecule has 108 valence electrons. The molecule has 2 saturated heterocycles. The van der Waals surface area contributed by atoms with Gasteiger partial charge in [-0.25, -0.2) is 0 Å². The number of carbonyl (C=O) groups excluding carboxylic acids is 2. The summed E-state index contributed by atoms with van der Waals surface area (Å²) < 4.78 is 0. The molecule has 2 aliphatic rings. The zero-order valence-corrected chi connectivity index (χ0v) is 12.2. The van der Waals surface area contributed by atoms with E-state index in [1.165, 1.54) is 6.42 Å². The van der Waals surface area contributed by atoms with Gasteiger partial charge < -0.3 is 9.80 Å². The van der Waals surface area contributed by atoms with E-state index in [9.17, 15) is 9.59 Å². The van der Waals surface area contributed by atoms with E-state index in [0.717, 1.165) is 51.7 Å². The second kappa shape index (κ2) is 6.40. The van der Waals surface area contributed by atoms with E-state index in [4.69, 9.17) is 0 Å². The van der Waals surface area contributed by atoms with Crippen LogP contribution in [0.25, 0.3) is 0 Å². The first-order valence-electron chi connectivity index (χ1n) is 7.69. The first-order chi connectivity index (χ1) is 9.13. The summed E-state index contributed by atoms with van der Waals surface area (Å²) in [6.07, 6.45) is 6.31. The van der Waals surface area contributed by atoms with Crippen LogP contribution in [0.5, 0.6) is 0 Å². The van der Waals surface area contributed by atoms with Crippen molar-refractivity contribution in [3.8, 4) is 0 Å². The highest BCUT2D eigenvalue weighted by Gasteiger charge is 2.33. The van der Waals surface area contributed by atoms with E-state index in [1.54, 1.807) is 6.92 Å². The minimum absolute atomic E-state index is 0.135. The van der Waals surface area contributed by atoms with Crippen molar-refractivity contribution < 1.29 is 9.59 Å². The Hall–Kier alpha value is -1.06. The molecule has 2 aliphatic heterocycles. The average Bonchev–Trinajstić information content (AvgIpc) is 2.46. The predicted octanol–water partition coefficient (Wildman–Crippen LogP) is 2.04. The first kappa shape index (κ1) is 14.4. The van der Waals surface area contributed by atoms with Crippen molar-refractivity contribution in [3.05, 3.63) is 0 Å². The molecule has 0 bridgehead atoms. The Kier molecular flexibility index (Phi) is 4.83. The molecule has 0 saturated carbocycles. The summed E-state index contributed by atoms with van der Waals surface area (Å²) in [5.41, 5.74) is 0. The number of likely N-dealkylation sites (tertiary alicyclic amines) is 2. The monoisotopic (exact) mass is 266 g/mol. The molecule has 19 heavy (non-hydrogen) atoms. The second-order valence-corrected chi connectivity index (χ2v) is 5.87. The molecule has 0 aromatic carbocycles. The number of hydrogen-bond acceptors (Lipinski definition) is 2. The molecule has 0 aromatic heterocycles. The summed E-state index contributed by atoms with van der Waals surface area (Å²) in [7, 11) is 0. The Bertz CT molecular complexity index is 335. The van der Waals surface area contributed by atoms with Gasteiger partial charge in [-0.2, -0.15) is 0 Å². The fourth-order valence-electron chi connectivity index (χ4n) is 3.39. The lowest BCUT2D eigenvalue weighted by molar-refractivity contribution is -0.143. The molecule has 4 nitrogen and oxygen atoms in total. The highest BCUT2D eigenvalue weighted by molar-refractivity contribution is 5.80. The summed E-state index contributed by atoms with van der Waals surface area (Å²) >= 11 is 0. The summed E-state index contributed by atoms with van der Waals surface area (Å²) in [4.78, 5) is 27.9. The third-order valence-corrected chi connectivity index (χ3v) is 4.67. The normalized spacial score (nSPS) is 25.5. The van der Waals surface area contributed by atoms with Gasteiger partial charge in [0.2, 0.25) is 11.8 Å². The number of rotatable bonds is 2. The topological polar surface area (TPSA) is 40.6 Å². The Morgan fingerprint density at radius 1 is 1.05 bits per heavy atom. The summed E-state index contributed by atoms with van der Waals surface area (Å²) in [6, 6.07) is 0.451. The van der Waals surface area contributed by atoms with Crippen LogP contribution in [0.2, 0.25) is 0 Å². The number of amides is 2. The van der Waals surface area contributed by atoms with Crippen LogP contribution in [0.15, 0.2) is 0 Å². The molecule has 0 aromatic rings. The Balaban J connectivity index is 1.91. The van der Waals surface area contributed by atoms with Crippen LogP contribution in [0, 0.1) is 5.92 Å². The van der Waals surface area contributed by atoms with Crippen LogP contribution in [0.1, 0.15) is 52.4 Å². The molecule has 4 heteroatoms. The van der Waals surface area contributed by atoms with Crippen molar-refractivity contribution >= 4 is 11.8 Å². The van der Waals surface area contributed by atoms with Crippen LogP contribution in [0.4, 0.5) is 0 Å². The van der Waals surface area contributed by atoms with Gasteiger partial charge in [0, 0.05) is 38.5 Å². The molecule has 2 amide bonds. The zero-order chi connectivity index (χ0) is 13.8. The summed E-state index contributed by atoms with van der Waals surface area (Å²) in [6.45, 7) is 6.21. The lowest BCUT2D eigenvalue weighted by atomic mass is 9.92. The minimum atomic E-state index is 0.135. The van der Waals surface area contributed by atoms with Gasteiger partial charge in [-0.1, -0.05) is 6.92 Å². The standard InChI is InChI=1S/C15H26N2O2/c1-3-14-6-4-5-9-17(14)15(19)13-7-10-16(11-8-13)12(2)18/h13-14H,3-11H2,1-2H3/t14-/m1/s1. The predicted molar refractivity (Wildman–Crippen MR) is 74.6 cm³/mol. The van der Waals surface area contributed by atoms with Gasteiger partial charge in [-0.05, 0) is 38.5 Å². The SMILES string of the molecule is CC[C@@H]1CCCCN1C(=O)C1CCN(C(C)=O)CC1. The van der Waals surface area contributed by atoms with Crippen molar-refractivity contribution in [1.82, 2.24) is 9.80 Å². The maximum atomic E-state index is 12.6. The van der Waals surface area contributed by atoms with E-state index in [1.807, 2.05) is 4.90 Å². The largest absolute Gasteiger partial charge is 0.343 e. The third-order valence-electron chi connectivity index (χ3n) is 4.67. The van der Waals surface area contributed by atoms with Crippen molar-refractivity contribution in [3.63, 3.8) is 0 Å². The molecule has 0 aliphatic carbocycles. The van der Waals surface area contributed by atoms with Gasteiger partial charge in [0.25, 0.3) is 0 Å². The first-order valence-corrected chi connectivity index (χ1v) is 7.69. The highest BCUT2D eigenvalue weighted by Crippen LogP contribution is 2.26. The molecule has 0 spiro atoms. The Labute approximate surface area is 116 Å². The minimum Gasteiger partial charge on any atom is -0.343 e. The molecule has 0 N–H and O–H groups in total. The van der Waals surface area contributed by atoms with Gasteiger partial charge >= 0.3 is 0 Å². The van der Waals surface area contributed by atoms with Gasteiger partial charge in [0.1, 0.15) is 0 Å². The van der Waals surface area contributed by atoms with Crippen LogP contribution in [-0.4, -0.2) is 47.3 Å². The molecule has 0 radical (unpaired) electrons. The van der Waals surface area contributed by atoms with E-state index < -0.39 is 0 Å². The van der Waals surface area contributed by atoms with Crippen molar-refractivity contribution in [1.29, 1.82) is 0 Å². The molecule has 0 unspecified atom stereocenters. The van der Waals surface area contributed by atoms with E-state index in [0.29, 0.717) is 11.9 Å². The van der Waals surface area contributed by atoms with Crippen molar-refractivity contribution in [2.24, 2.45) is 5.92 Å². The van der Waals surface area contributed by atoms with Gasteiger partial charge in [0.15, 0.2) is 0 Å². The molecule has 2 rings (SSSR count). The lowest BCUT2D eigenvalue weighted by Crippen LogP contribution is -2.49. The molecule has 2 heterocycles. The number of piperidine rings is 2. The van der Waals surface area contributed by atoms with Crippen LogP contribution >= 0.6 is 0 Å². The summed E-state index contributed by atoms with van der Waals surface area (Å²) in [5.74, 6) is 0.618. The molecular formula is C15H26N2O2. The molecule has 2 fully saturated rings. The van der Waals surface area contributed by atoms with Crippen molar-refractivity contribution in [2.45, 2.75) is 58.4 Å². The maximum Gasteiger partial charge on any atom is 0.226 e. The van der Waals surface area contributed by atoms with Crippen LogP contribution in [-0.2, 0) is 9.59 Å². The number of nitrogens with zero attached hydrogens (tertiary/aromatic N) is 2. The van der Waals surface area contributed by atoms with Crippen LogP contribution < -0.4 is 0 Å². The second-order valence-electron chi connectivity index (χ2n) is 5.87. The number of hydrogen-bond donors (Lipinski definition) is 0. The van der Waals surface area contributed by atoms with Gasteiger partial charge in [-0.3, -0.25) is 9.59 Å². The maximum absolute atomic E-state index is 12.6. The lowest BCUT2D eigenvalue weighted by Gasteiger charge is -2.39. The van der Waals surface area contributed by atoms with E-state index in [2.05, 4.69) is 11.8 Å². The van der Waals surface area contributed by atoms with E-state index >= 15 is 0 Å². The van der Waals surface area contributed by atoms with Crippen molar-refractivity contribution in [2.75, 3.05) is 19.6 Å². The number of carbonyl (C=O) groups is 2. The van der Waals surface area contributed by atoms with Gasteiger partial charge in [-0.15, -0.1) is 0 Å². The quantitative estimate of drug-likeness (QED) is 0.767. The van der Waals surface area contributed by atoms with Gasteiger partial charge in [0.05, 0.1) is 0 Å². The highest BCUT2D eigenvalue weighted by atomic mass is 16.2. The van der Waals surface area contributed by atoms with E-state index in [-0.39, 0.29) is 11.8 Å². The molecule has 1 atom stereocenters. The fourth-order valence-corrected chi connectivity index (χ4v) is 3.39. The zero-order valence-electron chi connectivity index (χ0n) is 12.2. The Morgan fingerprint density at radius 3 is 2.32 bits per heavy atom.